The Morgan fingerprint density at radius 1 is 1.36 bits per heavy atom. The van der Waals surface area contributed by atoms with E-state index in [0.29, 0.717) is 11.8 Å². The summed E-state index contributed by atoms with van der Waals surface area (Å²) in [6, 6.07) is 0.348. The van der Waals surface area contributed by atoms with Gasteiger partial charge in [-0.2, -0.15) is 0 Å². The molecule has 14 heavy (non-hydrogen) atoms. The third kappa shape index (κ3) is 3.05. The average molecular weight is 197 g/mol. The third-order valence-electron chi connectivity index (χ3n) is 2.65. The normalized spacial score (nSPS) is 19.1. The van der Waals surface area contributed by atoms with Gasteiger partial charge < -0.3 is 10.1 Å². The van der Waals surface area contributed by atoms with Gasteiger partial charge in [-0.15, -0.1) is 0 Å². The quantitative estimate of drug-likeness (QED) is 0.555. The molecule has 0 bridgehead atoms. The van der Waals surface area contributed by atoms with Crippen LogP contribution in [0.15, 0.2) is 11.8 Å². The van der Waals surface area contributed by atoms with Gasteiger partial charge in [0, 0.05) is 6.04 Å². The maximum Gasteiger partial charge on any atom is 0.286 e. The van der Waals surface area contributed by atoms with E-state index in [1.165, 1.54) is 26.4 Å². The van der Waals surface area contributed by atoms with E-state index in [1.807, 2.05) is 0 Å². The number of carbonyl (C=O) groups excluding carboxylic acids is 1. The molecule has 0 aliphatic heterocycles. The molecule has 0 unspecified atom stereocenters. The lowest BCUT2D eigenvalue weighted by Crippen LogP contribution is -2.37. The number of hydrogen-bond acceptors (Lipinski definition) is 2. The first-order valence-corrected chi connectivity index (χ1v) is 5.29. The van der Waals surface area contributed by atoms with Crippen molar-refractivity contribution in [2.24, 2.45) is 0 Å². The molecule has 0 atom stereocenters. The highest BCUT2D eigenvalue weighted by Crippen LogP contribution is 2.17. The van der Waals surface area contributed by atoms with Crippen LogP contribution in [0, 0.1) is 0 Å². The lowest BCUT2D eigenvalue weighted by Gasteiger charge is -2.22. The summed E-state index contributed by atoms with van der Waals surface area (Å²) in [5, 5.41) is 2.99. The fraction of sp³-hybridized carbons (Fsp3) is 0.727. The van der Waals surface area contributed by atoms with Crippen molar-refractivity contribution in [1.82, 2.24) is 5.32 Å². The van der Waals surface area contributed by atoms with E-state index in [4.69, 9.17) is 4.74 Å². The minimum absolute atomic E-state index is 0.0816. The van der Waals surface area contributed by atoms with E-state index < -0.39 is 0 Å². The van der Waals surface area contributed by atoms with Crippen molar-refractivity contribution in [3.05, 3.63) is 11.8 Å². The summed E-state index contributed by atoms with van der Waals surface area (Å²) < 4.78 is 4.95. The summed E-state index contributed by atoms with van der Waals surface area (Å²) in [4.78, 5) is 11.6. The van der Waals surface area contributed by atoms with Crippen LogP contribution in [0.1, 0.15) is 39.0 Å². The van der Waals surface area contributed by atoms with E-state index >= 15 is 0 Å². The molecule has 1 amide bonds. The molecular weight excluding hydrogens is 178 g/mol. The summed E-state index contributed by atoms with van der Waals surface area (Å²) in [6.07, 6.45) is 7.65. The Balaban J connectivity index is 2.38. The molecule has 0 heterocycles. The summed E-state index contributed by atoms with van der Waals surface area (Å²) in [7, 11) is 1.52. The molecule has 0 aromatic rings. The van der Waals surface area contributed by atoms with Gasteiger partial charge in [0.1, 0.15) is 0 Å². The Kier molecular flexibility index (Phi) is 4.50. The number of nitrogens with one attached hydrogen (secondary N) is 1. The van der Waals surface area contributed by atoms with Crippen molar-refractivity contribution in [1.29, 1.82) is 0 Å². The Labute approximate surface area is 85.5 Å². The highest BCUT2D eigenvalue weighted by atomic mass is 16.5. The number of hydrogen-bond donors (Lipinski definition) is 1. The van der Waals surface area contributed by atoms with Gasteiger partial charge >= 0.3 is 0 Å². The molecule has 1 saturated carbocycles. The molecule has 0 aromatic carbocycles. The second kappa shape index (κ2) is 5.68. The van der Waals surface area contributed by atoms with Crippen LogP contribution in [0.5, 0.6) is 0 Å². The Hall–Kier alpha value is -0.990. The summed E-state index contributed by atoms with van der Waals surface area (Å²) >= 11 is 0. The highest BCUT2D eigenvalue weighted by Gasteiger charge is 2.17. The minimum Gasteiger partial charge on any atom is -0.491 e. The molecule has 0 radical (unpaired) electrons. The molecule has 0 spiro atoms. The number of amides is 1. The molecule has 0 saturated heterocycles. The molecule has 1 aliphatic rings. The fourth-order valence-electron chi connectivity index (χ4n) is 1.85. The van der Waals surface area contributed by atoms with Gasteiger partial charge in [0.15, 0.2) is 5.76 Å². The predicted octanol–water partition coefficient (Wildman–Crippen LogP) is 1.99. The van der Waals surface area contributed by atoms with Gasteiger partial charge in [-0.3, -0.25) is 4.79 Å². The molecule has 1 N–H and O–H groups in total. The molecule has 3 heteroatoms. The standard InChI is InChI=1S/C11H19NO2/c1-3-10(14-2)11(13)12-9-7-5-4-6-8-9/h3,9H,4-8H2,1-2H3,(H,12,13)/b10-3+. The monoisotopic (exact) mass is 197 g/mol. The van der Waals surface area contributed by atoms with Crippen LogP contribution in [-0.2, 0) is 9.53 Å². The van der Waals surface area contributed by atoms with Crippen LogP contribution in [-0.4, -0.2) is 19.1 Å². The van der Waals surface area contributed by atoms with Gasteiger partial charge in [-0.1, -0.05) is 19.3 Å². The second-order valence-corrected chi connectivity index (χ2v) is 3.67. The molecule has 1 aliphatic carbocycles. The minimum atomic E-state index is -0.0816. The number of rotatable bonds is 3. The average Bonchev–Trinajstić information content (AvgIpc) is 2.21. The molecular formula is C11H19NO2. The number of allylic oxidation sites excluding steroid dienone is 1. The van der Waals surface area contributed by atoms with Crippen molar-refractivity contribution in [3.63, 3.8) is 0 Å². The van der Waals surface area contributed by atoms with E-state index in [2.05, 4.69) is 5.32 Å². The lowest BCUT2D eigenvalue weighted by molar-refractivity contribution is -0.121. The Morgan fingerprint density at radius 3 is 2.50 bits per heavy atom. The zero-order chi connectivity index (χ0) is 10.4. The lowest BCUT2D eigenvalue weighted by atomic mass is 9.95. The van der Waals surface area contributed by atoms with Crippen molar-refractivity contribution in [2.45, 2.75) is 45.1 Å². The molecule has 1 rings (SSSR count). The van der Waals surface area contributed by atoms with Crippen LogP contribution < -0.4 is 5.32 Å². The predicted molar refractivity (Wildman–Crippen MR) is 55.8 cm³/mol. The maximum atomic E-state index is 11.6. The third-order valence-corrected chi connectivity index (χ3v) is 2.65. The van der Waals surface area contributed by atoms with Gasteiger partial charge in [0.2, 0.25) is 0 Å². The zero-order valence-electron chi connectivity index (χ0n) is 9.01. The van der Waals surface area contributed by atoms with E-state index in [0.717, 1.165) is 12.8 Å². The smallest absolute Gasteiger partial charge is 0.286 e. The topological polar surface area (TPSA) is 38.3 Å². The number of ether oxygens (including phenoxy) is 1. The van der Waals surface area contributed by atoms with Crippen molar-refractivity contribution in [2.75, 3.05) is 7.11 Å². The largest absolute Gasteiger partial charge is 0.491 e. The van der Waals surface area contributed by atoms with Crippen LogP contribution >= 0.6 is 0 Å². The van der Waals surface area contributed by atoms with Gasteiger partial charge in [0.05, 0.1) is 7.11 Å². The number of methoxy groups -OCH3 is 1. The van der Waals surface area contributed by atoms with Gasteiger partial charge in [-0.25, -0.2) is 0 Å². The van der Waals surface area contributed by atoms with Gasteiger partial charge in [0.25, 0.3) is 5.91 Å². The Bertz CT molecular complexity index is 217. The molecule has 0 aromatic heterocycles. The molecule has 1 fully saturated rings. The van der Waals surface area contributed by atoms with Crippen LogP contribution in [0.4, 0.5) is 0 Å². The second-order valence-electron chi connectivity index (χ2n) is 3.67. The van der Waals surface area contributed by atoms with Crippen LogP contribution in [0.25, 0.3) is 0 Å². The first-order chi connectivity index (χ1) is 6.77. The highest BCUT2D eigenvalue weighted by molar-refractivity contribution is 5.91. The first-order valence-electron chi connectivity index (χ1n) is 5.29. The zero-order valence-corrected chi connectivity index (χ0v) is 9.01. The maximum absolute atomic E-state index is 11.6. The van der Waals surface area contributed by atoms with Crippen molar-refractivity contribution >= 4 is 5.91 Å². The SMILES string of the molecule is C/C=C(/OC)C(=O)NC1CCCCC1. The number of carbonyl (C=O) groups is 1. The summed E-state index contributed by atoms with van der Waals surface area (Å²) in [6.45, 7) is 1.80. The van der Waals surface area contributed by atoms with Gasteiger partial charge in [-0.05, 0) is 25.8 Å². The van der Waals surface area contributed by atoms with Crippen molar-refractivity contribution < 1.29 is 9.53 Å². The van der Waals surface area contributed by atoms with Crippen molar-refractivity contribution in [3.8, 4) is 0 Å². The first kappa shape index (κ1) is 11.1. The molecule has 80 valence electrons. The van der Waals surface area contributed by atoms with Crippen LogP contribution in [0.2, 0.25) is 0 Å². The van der Waals surface area contributed by atoms with E-state index in [9.17, 15) is 4.79 Å². The van der Waals surface area contributed by atoms with E-state index in [1.54, 1.807) is 13.0 Å². The molecule has 3 nitrogen and oxygen atoms in total. The van der Waals surface area contributed by atoms with E-state index in [-0.39, 0.29) is 5.91 Å². The summed E-state index contributed by atoms with van der Waals surface area (Å²) in [5.74, 6) is 0.331. The fourth-order valence-corrected chi connectivity index (χ4v) is 1.85. The Morgan fingerprint density at radius 2 is 2.00 bits per heavy atom. The van der Waals surface area contributed by atoms with Crippen LogP contribution in [0.3, 0.4) is 0 Å². The summed E-state index contributed by atoms with van der Waals surface area (Å²) in [5.41, 5.74) is 0.